The van der Waals surface area contributed by atoms with E-state index in [-0.39, 0.29) is 29.3 Å². The number of hydrogen-bond donors (Lipinski definition) is 0. The molecule has 4 nitrogen and oxygen atoms in total. The van der Waals surface area contributed by atoms with E-state index in [4.69, 9.17) is 0 Å². The van der Waals surface area contributed by atoms with E-state index < -0.39 is 0 Å². The quantitative estimate of drug-likeness (QED) is 0.555. The first-order valence-corrected chi connectivity index (χ1v) is 9.25. The van der Waals surface area contributed by atoms with Crippen molar-refractivity contribution >= 4 is 11.9 Å². The highest BCUT2D eigenvalue weighted by Crippen LogP contribution is 2.46. The van der Waals surface area contributed by atoms with Crippen LogP contribution in [0.2, 0.25) is 0 Å². The summed E-state index contributed by atoms with van der Waals surface area (Å²) in [5, 5.41) is 0. The molecule has 3 amide bonds. The molecule has 0 aromatic rings. The minimum absolute atomic E-state index is 0.0572. The van der Waals surface area contributed by atoms with Crippen molar-refractivity contribution in [1.29, 1.82) is 0 Å². The van der Waals surface area contributed by atoms with Crippen LogP contribution in [0.4, 0.5) is 4.79 Å². The van der Waals surface area contributed by atoms with Crippen molar-refractivity contribution in [3.63, 3.8) is 0 Å². The van der Waals surface area contributed by atoms with E-state index in [1.165, 1.54) is 4.90 Å². The van der Waals surface area contributed by atoms with Gasteiger partial charge in [0.15, 0.2) is 0 Å². The molecule has 0 aromatic carbocycles. The number of imide groups is 1. The van der Waals surface area contributed by atoms with Crippen LogP contribution in [0.3, 0.4) is 0 Å². The predicted octanol–water partition coefficient (Wildman–Crippen LogP) is 4.50. The standard InChI is InChI=1S/C19H35N2O2/c1-7-18(8-2,9-3)14-19(10-4,11-5)15-21-16(22)13-20(12-6)17(21)23/h4,7-15H2,1-3,5-6H3. The molecule has 0 bridgehead atoms. The molecule has 0 aliphatic carbocycles. The number of nitrogens with zero attached hydrogens (tertiary/aromatic N) is 2. The largest absolute Gasteiger partial charge is 0.327 e. The van der Waals surface area contributed by atoms with Crippen LogP contribution in [0.1, 0.15) is 73.1 Å². The minimum atomic E-state index is -0.126. The Hall–Kier alpha value is -1.06. The summed E-state index contributed by atoms with van der Waals surface area (Å²) in [5.74, 6) is -0.0572. The van der Waals surface area contributed by atoms with Crippen molar-refractivity contribution in [1.82, 2.24) is 9.80 Å². The van der Waals surface area contributed by atoms with Crippen LogP contribution in [-0.2, 0) is 4.79 Å². The van der Waals surface area contributed by atoms with E-state index in [2.05, 4.69) is 34.6 Å². The lowest BCUT2D eigenvalue weighted by atomic mass is 9.64. The third kappa shape index (κ3) is 4.07. The molecule has 0 spiro atoms. The Labute approximate surface area is 142 Å². The zero-order chi connectivity index (χ0) is 17.7. The number of carbonyl (C=O) groups excluding carboxylic acids is 2. The Morgan fingerprint density at radius 1 is 0.957 bits per heavy atom. The van der Waals surface area contributed by atoms with Crippen LogP contribution in [0.5, 0.6) is 0 Å². The Kier molecular flexibility index (Phi) is 7.09. The predicted molar refractivity (Wildman–Crippen MR) is 95.0 cm³/mol. The van der Waals surface area contributed by atoms with E-state index in [9.17, 15) is 9.59 Å². The number of rotatable bonds is 10. The minimum Gasteiger partial charge on any atom is -0.315 e. The van der Waals surface area contributed by atoms with Gasteiger partial charge in [-0.25, -0.2) is 4.79 Å². The van der Waals surface area contributed by atoms with Gasteiger partial charge in [-0.15, -0.1) is 0 Å². The van der Waals surface area contributed by atoms with E-state index in [0.717, 1.165) is 38.5 Å². The first-order valence-electron chi connectivity index (χ1n) is 9.25. The maximum atomic E-state index is 12.4. The van der Waals surface area contributed by atoms with Gasteiger partial charge < -0.3 is 4.90 Å². The van der Waals surface area contributed by atoms with Crippen LogP contribution < -0.4 is 0 Å². The Balaban J connectivity index is 3.01. The second-order valence-electron chi connectivity index (χ2n) is 7.12. The third-order valence-electron chi connectivity index (χ3n) is 6.28. The normalized spacial score (nSPS) is 16.6. The van der Waals surface area contributed by atoms with E-state index >= 15 is 0 Å². The second-order valence-corrected chi connectivity index (χ2v) is 7.12. The molecule has 1 aliphatic rings. The Morgan fingerprint density at radius 3 is 1.83 bits per heavy atom. The molecule has 1 unspecified atom stereocenters. The zero-order valence-corrected chi connectivity index (χ0v) is 15.8. The van der Waals surface area contributed by atoms with Gasteiger partial charge in [0.25, 0.3) is 0 Å². The Bertz CT molecular complexity index is 403. The van der Waals surface area contributed by atoms with Crippen molar-refractivity contribution in [2.75, 3.05) is 19.6 Å². The van der Waals surface area contributed by atoms with Gasteiger partial charge in [-0.1, -0.05) is 53.9 Å². The van der Waals surface area contributed by atoms with Gasteiger partial charge in [0.05, 0.1) is 0 Å². The van der Waals surface area contributed by atoms with Crippen molar-refractivity contribution in [2.45, 2.75) is 73.1 Å². The summed E-state index contributed by atoms with van der Waals surface area (Å²) in [6.07, 6.45) is 6.13. The molecule has 0 saturated carbocycles. The van der Waals surface area contributed by atoms with Gasteiger partial charge >= 0.3 is 6.03 Å². The van der Waals surface area contributed by atoms with E-state index in [0.29, 0.717) is 13.1 Å². The van der Waals surface area contributed by atoms with Gasteiger partial charge in [-0.05, 0) is 37.0 Å². The van der Waals surface area contributed by atoms with Gasteiger partial charge in [-0.2, -0.15) is 0 Å². The first-order chi connectivity index (χ1) is 10.9. The molecule has 133 valence electrons. The monoisotopic (exact) mass is 323 g/mol. The van der Waals surface area contributed by atoms with Gasteiger partial charge in [0.2, 0.25) is 5.91 Å². The van der Waals surface area contributed by atoms with E-state index in [1.54, 1.807) is 4.90 Å². The van der Waals surface area contributed by atoms with Crippen molar-refractivity contribution in [3.05, 3.63) is 6.92 Å². The van der Waals surface area contributed by atoms with Crippen LogP contribution in [0.15, 0.2) is 0 Å². The van der Waals surface area contributed by atoms with Crippen molar-refractivity contribution < 1.29 is 9.59 Å². The molecule has 23 heavy (non-hydrogen) atoms. The molecule has 1 saturated heterocycles. The molecule has 0 aromatic heterocycles. The SMILES string of the molecule is [CH2]CC(CC)(CN1C(=O)CN(CC)C1=O)CC(CC)(CC)CC. The fourth-order valence-corrected chi connectivity index (χ4v) is 3.89. The molecule has 4 heteroatoms. The van der Waals surface area contributed by atoms with Gasteiger partial charge in [-0.3, -0.25) is 9.69 Å². The number of likely N-dealkylation sites (N-methyl/N-ethyl adjacent to an activating group) is 1. The highest BCUT2D eigenvalue weighted by molar-refractivity contribution is 6.02. The first kappa shape index (κ1) is 20.0. The van der Waals surface area contributed by atoms with Crippen molar-refractivity contribution in [2.24, 2.45) is 10.8 Å². The number of carbonyl (C=O) groups is 2. The molecule has 0 N–H and O–H groups in total. The fourth-order valence-electron chi connectivity index (χ4n) is 3.89. The summed E-state index contributed by atoms with van der Waals surface area (Å²) in [4.78, 5) is 27.8. The Morgan fingerprint density at radius 2 is 1.48 bits per heavy atom. The molecule has 1 heterocycles. The van der Waals surface area contributed by atoms with Crippen LogP contribution in [0, 0.1) is 17.8 Å². The summed E-state index contributed by atoms with van der Waals surface area (Å²) in [6.45, 7) is 16.4. The highest BCUT2D eigenvalue weighted by Gasteiger charge is 2.43. The van der Waals surface area contributed by atoms with Crippen molar-refractivity contribution in [3.8, 4) is 0 Å². The van der Waals surface area contributed by atoms with Gasteiger partial charge in [0, 0.05) is 13.1 Å². The topological polar surface area (TPSA) is 40.6 Å². The lowest BCUT2D eigenvalue weighted by Crippen LogP contribution is -2.44. The third-order valence-corrected chi connectivity index (χ3v) is 6.28. The average molecular weight is 324 g/mol. The summed E-state index contributed by atoms with van der Waals surface area (Å²) >= 11 is 0. The number of hydrogen-bond acceptors (Lipinski definition) is 2. The van der Waals surface area contributed by atoms with Crippen LogP contribution in [0.25, 0.3) is 0 Å². The number of amides is 3. The molecule has 1 fully saturated rings. The van der Waals surface area contributed by atoms with Gasteiger partial charge in [0.1, 0.15) is 6.54 Å². The lowest BCUT2D eigenvalue weighted by Gasteiger charge is -2.43. The van der Waals surface area contributed by atoms with E-state index in [1.807, 2.05) is 6.92 Å². The lowest BCUT2D eigenvalue weighted by molar-refractivity contribution is -0.126. The highest BCUT2D eigenvalue weighted by atomic mass is 16.2. The summed E-state index contributed by atoms with van der Waals surface area (Å²) in [6, 6.07) is -0.126. The smallest absolute Gasteiger partial charge is 0.315 e. The number of urea groups is 1. The molecule has 1 atom stereocenters. The molecule has 1 radical (unpaired) electrons. The molecular weight excluding hydrogens is 288 g/mol. The van der Waals surface area contributed by atoms with Crippen LogP contribution in [-0.4, -0.2) is 41.4 Å². The summed E-state index contributed by atoms with van der Waals surface area (Å²) in [7, 11) is 0. The van der Waals surface area contributed by atoms with Crippen LogP contribution >= 0.6 is 0 Å². The molecule has 1 rings (SSSR count). The summed E-state index contributed by atoms with van der Waals surface area (Å²) in [5.41, 5.74) is 0.209. The molecule has 1 aliphatic heterocycles. The second kappa shape index (κ2) is 8.16. The fraction of sp³-hybridized carbons (Fsp3) is 0.842. The maximum Gasteiger partial charge on any atom is 0.327 e. The average Bonchev–Trinajstić information content (AvgIpc) is 2.86. The molecular formula is C19H35N2O2. The maximum absolute atomic E-state index is 12.4. The summed E-state index contributed by atoms with van der Waals surface area (Å²) < 4.78 is 0. The zero-order valence-electron chi connectivity index (χ0n) is 15.8.